The molecule has 27 heavy (non-hydrogen) atoms. The molecule has 2 rings (SSSR count). The van der Waals surface area contributed by atoms with Crippen LogP contribution in [-0.2, 0) is 13.1 Å². The van der Waals surface area contributed by atoms with Crippen LogP contribution in [0.3, 0.4) is 0 Å². The van der Waals surface area contributed by atoms with Gasteiger partial charge in [-0.15, -0.1) is 0 Å². The summed E-state index contributed by atoms with van der Waals surface area (Å²) < 4.78 is 7.70. The number of aromatic nitrogens is 2. The Labute approximate surface area is 162 Å². The molecule has 7 nitrogen and oxygen atoms in total. The Morgan fingerprint density at radius 1 is 1.19 bits per heavy atom. The molecule has 2 N–H and O–H groups in total. The highest BCUT2D eigenvalue weighted by Crippen LogP contribution is 2.12. The SMILES string of the molecule is CN=C(NCCCn1cccn1)NCc1ccc(OCCCN(C)C)cc1. The molecule has 0 amide bonds. The number of guanidine groups is 1. The fourth-order valence-corrected chi connectivity index (χ4v) is 2.56. The Hall–Kier alpha value is -2.54. The van der Waals surface area contributed by atoms with Crippen LogP contribution in [0.25, 0.3) is 0 Å². The molecule has 2 aromatic rings. The number of aryl methyl sites for hydroxylation is 1. The summed E-state index contributed by atoms with van der Waals surface area (Å²) in [4.78, 5) is 6.43. The summed E-state index contributed by atoms with van der Waals surface area (Å²) in [6.45, 7) is 4.24. The lowest BCUT2D eigenvalue weighted by Gasteiger charge is -2.13. The molecule has 0 radical (unpaired) electrons. The molecular formula is C20H32N6O. The van der Waals surface area contributed by atoms with Gasteiger partial charge in [-0.1, -0.05) is 12.1 Å². The highest BCUT2D eigenvalue weighted by Gasteiger charge is 2.00. The lowest BCUT2D eigenvalue weighted by atomic mass is 10.2. The smallest absolute Gasteiger partial charge is 0.191 e. The molecule has 0 fully saturated rings. The maximum atomic E-state index is 5.76. The molecular weight excluding hydrogens is 340 g/mol. The average Bonchev–Trinajstić information content (AvgIpc) is 3.19. The third-order valence-electron chi connectivity index (χ3n) is 4.04. The minimum Gasteiger partial charge on any atom is -0.494 e. The first-order valence-corrected chi connectivity index (χ1v) is 9.46. The van der Waals surface area contributed by atoms with E-state index in [1.807, 2.05) is 29.1 Å². The molecule has 1 aromatic heterocycles. The number of hydrogen-bond donors (Lipinski definition) is 2. The lowest BCUT2D eigenvalue weighted by molar-refractivity contribution is 0.281. The summed E-state index contributed by atoms with van der Waals surface area (Å²) >= 11 is 0. The Morgan fingerprint density at radius 2 is 2.00 bits per heavy atom. The third kappa shape index (κ3) is 8.59. The van der Waals surface area contributed by atoms with Crippen LogP contribution in [0.15, 0.2) is 47.7 Å². The summed E-state index contributed by atoms with van der Waals surface area (Å²) in [5.74, 6) is 1.72. The normalized spacial score (nSPS) is 11.6. The monoisotopic (exact) mass is 372 g/mol. The van der Waals surface area contributed by atoms with Gasteiger partial charge in [0.05, 0.1) is 6.61 Å². The van der Waals surface area contributed by atoms with E-state index in [-0.39, 0.29) is 0 Å². The zero-order valence-electron chi connectivity index (χ0n) is 16.7. The number of nitrogens with one attached hydrogen (secondary N) is 2. The number of aliphatic imine (C=N–C) groups is 1. The molecule has 1 heterocycles. The highest BCUT2D eigenvalue weighted by molar-refractivity contribution is 5.79. The van der Waals surface area contributed by atoms with Gasteiger partial charge in [0.15, 0.2) is 5.96 Å². The molecule has 0 bridgehead atoms. The van der Waals surface area contributed by atoms with E-state index in [0.29, 0.717) is 0 Å². The van der Waals surface area contributed by atoms with E-state index in [4.69, 9.17) is 4.74 Å². The second-order valence-electron chi connectivity index (χ2n) is 6.62. The first-order valence-electron chi connectivity index (χ1n) is 9.46. The van der Waals surface area contributed by atoms with Crippen molar-refractivity contribution in [1.29, 1.82) is 0 Å². The molecule has 0 saturated carbocycles. The quantitative estimate of drug-likeness (QED) is 0.359. The summed E-state index contributed by atoms with van der Waals surface area (Å²) in [5, 5.41) is 10.9. The zero-order valence-corrected chi connectivity index (χ0v) is 16.7. The fourth-order valence-electron chi connectivity index (χ4n) is 2.56. The molecule has 0 spiro atoms. The number of ether oxygens (including phenoxy) is 1. The van der Waals surface area contributed by atoms with Gasteiger partial charge in [-0.05, 0) is 50.7 Å². The zero-order chi connectivity index (χ0) is 19.3. The van der Waals surface area contributed by atoms with E-state index in [9.17, 15) is 0 Å². The molecule has 0 aliphatic carbocycles. The standard InChI is InChI=1S/C20H32N6O/c1-21-20(22-11-4-14-26-15-5-12-24-26)23-17-18-7-9-19(10-8-18)27-16-6-13-25(2)3/h5,7-10,12,15H,4,6,11,13-14,16-17H2,1-3H3,(H2,21,22,23). The minimum atomic E-state index is 0.722. The van der Waals surface area contributed by atoms with Gasteiger partial charge >= 0.3 is 0 Å². The number of rotatable bonds is 11. The van der Waals surface area contributed by atoms with E-state index in [2.05, 4.69) is 51.9 Å². The maximum Gasteiger partial charge on any atom is 0.191 e. The Balaban J connectivity index is 1.63. The Bertz CT molecular complexity index is 652. The van der Waals surface area contributed by atoms with Crippen LogP contribution in [0.5, 0.6) is 5.75 Å². The van der Waals surface area contributed by atoms with Crippen LogP contribution in [-0.4, -0.2) is 61.5 Å². The molecule has 148 valence electrons. The van der Waals surface area contributed by atoms with Crippen molar-refractivity contribution in [2.75, 3.05) is 40.8 Å². The van der Waals surface area contributed by atoms with E-state index in [1.165, 1.54) is 5.56 Å². The number of nitrogens with zero attached hydrogens (tertiary/aromatic N) is 4. The van der Waals surface area contributed by atoms with Crippen molar-refractivity contribution in [1.82, 2.24) is 25.3 Å². The van der Waals surface area contributed by atoms with E-state index in [1.54, 1.807) is 13.2 Å². The van der Waals surface area contributed by atoms with Crippen molar-refractivity contribution < 1.29 is 4.74 Å². The number of benzene rings is 1. The highest BCUT2D eigenvalue weighted by atomic mass is 16.5. The van der Waals surface area contributed by atoms with Crippen molar-refractivity contribution in [3.63, 3.8) is 0 Å². The van der Waals surface area contributed by atoms with Gasteiger partial charge in [-0.25, -0.2) is 0 Å². The number of hydrogen-bond acceptors (Lipinski definition) is 4. The largest absolute Gasteiger partial charge is 0.494 e. The van der Waals surface area contributed by atoms with Gasteiger partial charge in [0, 0.05) is 45.6 Å². The van der Waals surface area contributed by atoms with Crippen LogP contribution < -0.4 is 15.4 Å². The van der Waals surface area contributed by atoms with Crippen LogP contribution >= 0.6 is 0 Å². The van der Waals surface area contributed by atoms with Crippen LogP contribution in [0.2, 0.25) is 0 Å². The summed E-state index contributed by atoms with van der Waals surface area (Å²) in [5.41, 5.74) is 1.19. The van der Waals surface area contributed by atoms with Gasteiger partial charge in [-0.3, -0.25) is 9.67 Å². The van der Waals surface area contributed by atoms with Crippen molar-refractivity contribution in [3.05, 3.63) is 48.3 Å². The predicted octanol–water partition coefficient (Wildman–Crippen LogP) is 1.97. The van der Waals surface area contributed by atoms with Gasteiger partial charge in [0.2, 0.25) is 0 Å². The van der Waals surface area contributed by atoms with Gasteiger partial charge < -0.3 is 20.3 Å². The first-order chi connectivity index (χ1) is 13.2. The second-order valence-corrected chi connectivity index (χ2v) is 6.62. The van der Waals surface area contributed by atoms with Gasteiger partial charge in [0.1, 0.15) is 5.75 Å². The topological polar surface area (TPSA) is 66.7 Å². The van der Waals surface area contributed by atoms with E-state index >= 15 is 0 Å². The summed E-state index contributed by atoms with van der Waals surface area (Å²) in [7, 11) is 5.93. The predicted molar refractivity (Wildman–Crippen MR) is 110 cm³/mol. The van der Waals surface area contributed by atoms with E-state index < -0.39 is 0 Å². The lowest BCUT2D eigenvalue weighted by Crippen LogP contribution is -2.37. The maximum absolute atomic E-state index is 5.76. The first kappa shape index (κ1) is 20.8. The van der Waals surface area contributed by atoms with E-state index in [0.717, 1.165) is 57.3 Å². The molecule has 0 atom stereocenters. The molecule has 7 heteroatoms. The van der Waals surface area contributed by atoms with Crippen LogP contribution in [0, 0.1) is 0 Å². The summed E-state index contributed by atoms with van der Waals surface area (Å²) in [6.07, 6.45) is 5.79. The molecule has 0 aliphatic rings. The average molecular weight is 373 g/mol. The van der Waals surface area contributed by atoms with Crippen molar-refractivity contribution in [2.45, 2.75) is 25.9 Å². The van der Waals surface area contributed by atoms with Crippen LogP contribution in [0.1, 0.15) is 18.4 Å². The van der Waals surface area contributed by atoms with Gasteiger partial charge in [0.25, 0.3) is 0 Å². The molecule has 1 aromatic carbocycles. The van der Waals surface area contributed by atoms with Crippen molar-refractivity contribution in [2.24, 2.45) is 4.99 Å². The van der Waals surface area contributed by atoms with Crippen molar-refractivity contribution in [3.8, 4) is 5.75 Å². The van der Waals surface area contributed by atoms with Crippen molar-refractivity contribution >= 4 is 5.96 Å². The molecule has 0 saturated heterocycles. The third-order valence-corrected chi connectivity index (χ3v) is 4.04. The Kier molecular flexibility index (Phi) is 9.20. The van der Waals surface area contributed by atoms with Gasteiger partial charge in [-0.2, -0.15) is 5.10 Å². The molecule has 0 aliphatic heterocycles. The molecule has 0 unspecified atom stereocenters. The second kappa shape index (κ2) is 12.0. The fraction of sp³-hybridized carbons (Fsp3) is 0.500. The van der Waals surface area contributed by atoms with Crippen LogP contribution in [0.4, 0.5) is 0 Å². The minimum absolute atomic E-state index is 0.722. The summed E-state index contributed by atoms with van der Waals surface area (Å²) in [6, 6.07) is 10.1. The Morgan fingerprint density at radius 3 is 2.67 bits per heavy atom.